The van der Waals surface area contributed by atoms with E-state index in [0.29, 0.717) is 16.6 Å². The molecule has 1 aromatic rings. The number of piperidine rings is 1. The monoisotopic (exact) mass is 352 g/mol. The standard InChI is InChI=1S/C17H25ClN4O2/c1-11-14(17(24)21-8-5-16(19)23)9-12(18)10-15(11)22(2)13-3-6-20-7-4-13/h9-10,13,20H,3-8H2,1-2H3,(H2,19,23)(H,21,24). The molecule has 0 unspecified atom stereocenters. The second-order valence-electron chi connectivity index (χ2n) is 6.16. The van der Waals surface area contributed by atoms with Crippen LogP contribution in [-0.4, -0.2) is 44.5 Å². The van der Waals surface area contributed by atoms with Gasteiger partial charge in [-0.05, 0) is 50.6 Å². The number of halogens is 1. The molecule has 0 aliphatic carbocycles. The van der Waals surface area contributed by atoms with Crippen molar-refractivity contribution in [3.05, 3.63) is 28.3 Å². The molecule has 1 aromatic carbocycles. The minimum absolute atomic E-state index is 0.118. The fourth-order valence-corrected chi connectivity index (χ4v) is 3.26. The van der Waals surface area contributed by atoms with Gasteiger partial charge in [-0.3, -0.25) is 9.59 Å². The van der Waals surface area contributed by atoms with Crippen molar-refractivity contribution in [2.75, 3.05) is 31.6 Å². The first kappa shape index (κ1) is 18.5. The fourth-order valence-electron chi connectivity index (χ4n) is 3.05. The summed E-state index contributed by atoms with van der Waals surface area (Å²) in [5.41, 5.74) is 7.48. The average molecular weight is 353 g/mol. The second kappa shape index (κ2) is 8.35. The molecule has 24 heavy (non-hydrogen) atoms. The Labute approximate surface area is 147 Å². The van der Waals surface area contributed by atoms with Crippen LogP contribution in [-0.2, 0) is 4.79 Å². The van der Waals surface area contributed by atoms with Crippen LogP contribution in [0.4, 0.5) is 5.69 Å². The Morgan fingerprint density at radius 1 is 1.38 bits per heavy atom. The molecule has 2 rings (SSSR count). The van der Waals surface area contributed by atoms with Crippen LogP contribution in [0.15, 0.2) is 12.1 Å². The molecule has 4 N–H and O–H groups in total. The van der Waals surface area contributed by atoms with E-state index < -0.39 is 5.91 Å². The maximum absolute atomic E-state index is 12.4. The highest BCUT2D eigenvalue weighted by atomic mass is 35.5. The Morgan fingerprint density at radius 2 is 2.04 bits per heavy atom. The molecule has 0 saturated carbocycles. The molecule has 0 bridgehead atoms. The van der Waals surface area contributed by atoms with Gasteiger partial charge in [-0.1, -0.05) is 11.6 Å². The lowest BCUT2D eigenvalue weighted by Gasteiger charge is -2.34. The van der Waals surface area contributed by atoms with Crippen LogP contribution in [0.2, 0.25) is 5.02 Å². The third-order valence-electron chi connectivity index (χ3n) is 4.48. The number of carbonyl (C=O) groups is 2. The Kier molecular flexibility index (Phi) is 6.45. The number of hydrogen-bond acceptors (Lipinski definition) is 4. The summed E-state index contributed by atoms with van der Waals surface area (Å²) in [6.45, 7) is 4.13. The van der Waals surface area contributed by atoms with Crippen LogP contribution >= 0.6 is 11.6 Å². The largest absolute Gasteiger partial charge is 0.371 e. The predicted octanol–water partition coefficient (Wildman–Crippen LogP) is 1.44. The van der Waals surface area contributed by atoms with Gasteiger partial charge in [-0.2, -0.15) is 0 Å². The van der Waals surface area contributed by atoms with E-state index in [-0.39, 0.29) is 18.9 Å². The van der Waals surface area contributed by atoms with Gasteiger partial charge in [-0.25, -0.2) is 0 Å². The molecule has 132 valence electrons. The molecule has 2 amide bonds. The average Bonchev–Trinajstić information content (AvgIpc) is 2.56. The number of primary amides is 1. The van der Waals surface area contributed by atoms with E-state index >= 15 is 0 Å². The third-order valence-corrected chi connectivity index (χ3v) is 4.70. The Morgan fingerprint density at radius 3 is 2.67 bits per heavy atom. The summed E-state index contributed by atoms with van der Waals surface area (Å²) in [4.78, 5) is 25.4. The Hall–Kier alpha value is -1.79. The number of anilines is 1. The first-order chi connectivity index (χ1) is 11.4. The van der Waals surface area contributed by atoms with E-state index in [1.165, 1.54) is 0 Å². The normalized spacial score (nSPS) is 15.1. The highest BCUT2D eigenvalue weighted by Gasteiger charge is 2.22. The molecule has 1 saturated heterocycles. The number of hydrogen-bond donors (Lipinski definition) is 3. The molecule has 0 radical (unpaired) electrons. The van der Waals surface area contributed by atoms with Crippen LogP contribution < -0.4 is 21.3 Å². The summed E-state index contributed by atoms with van der Waals surface area (Å²) in [5.74, 6) is -0.680. The highest BCUT2D eigenvalue weighted by molar-refractivity contribution is 6.31. The van der Waals surface area contributed by atoms with Crippen molar-refractivity contribution >= 4 is 29.1 Å². The molecule has 1 heterocycles. The molecule has 7 heteroatoms. The summed E-state index contributed by atoms with van der Waals surface area (Å²) < 4.78 is 0. The van der Waals surface area contributed by atoms with Crippen LogP contribution in [0.25, 0.3) is 0 Å². The Bertz CT molecular complexity index is 615. The number of amides is 2. The van der Waals surface area contributed by atoms with Gasteiger partial charge in [0.25, 0.3) is 5.91 Å². The summed E-state index contributed by atoms with van der Waals surface area (Å²) in [5, 5.41) is 6.60. The lowest BCUT2D eigenvalue weighted by atomic mass is 10.0. The van der Waals surface area contributed by atoms with E-state index in [1.54, 1.807) is 6.07 Å². The molecule has 1 fully saturated rings. The first-order valence-corrected chi connectivity index (χ1v) is 8.58. The van der Waals surface area contributed by atoms with Crippen molar-refractivity contribution in [3.8, 4) is 0 Å². The highest BCUT2D eigenvalue weighted by Crippen LogP contribution is 2.30. The third kappa shape index (κ3) is 4.61. The maximum atomic E-state index is 12.4. The zero-order valence-corrected chi connectivity index (χ0v) is 14.9. The number of nitrogens with zero attached hydrogens (tertiary/aromatic N) is 1. The number of benzene rings is 1. The van der Waals surface area contributed by atoms with Crippen molar-refractivity contribution < 1.29 is 9.59 Å². The minimum Gasteiger partial charge on any atom is -0.371 e. The van der Waals surface area contributed by atoms with Gasteiger partial charge in [0.1, 0.15) is 0 Å². The molecular weight excluding hydrogens is 328 g/mol. The topological polar surface area (TPSA) is 87.5 Å². The van der Waals surface area contributed by atoms with Gasteiger partial charge >= 0.3 is 0 Å². The summed E-state index contributed by atoms with van der Waals surface area (Å²) in [6.07, 6.45) is 2.23. The van der Waals surface area contributed by atoms with Gasteiger partial charge in [-0.15, -0.1) is 0 Å². The van der Waals surface area contributed by atoms with Crippen molar-refractivity contribution in [2.24, 2.45) is 5.73 Å². The van der Waals surface area contributed by atoms with Crippen molar-refractivity contribution in [3.63, 3.8) is 0 Å². The van der Waals surface area contributed by atoms with E-state index in [9.17, 15) is 9.59 Å². The number of nitrogens with one attached hydrogen (secondary N) is 2. The Balaban J connectivity index is 2.19. The molecule has 1 aliphatic heterocycles. The summed E-state index contributed by atoms with van der Waals surface area (Å²) >= 11 is 6.24. The van der Waals surface area contributed by atoms with Gasteiger partial charge in [0.15, 0.2) is 0 Å². The SMILES string of the molecule is Cc1c(C(=O)NCCC(N)=O)cc(Cl)cc1N(C)C1CCNCC1. The molecule has 6 nitrogen and oxygen atoms in total. The summed E-state index contributed by atoms with van der Waals surface area (Å²) in [6, 6.07) is 3.99. The molecule has 0 aromatic heterocycles. The fraction of sp³-hybridized carbons (Fsp3) is 0.529. The molecule has 0 spiro atoms. The van der Waals surface area contributed by atoms with E-state index in [0.717, 1.165) is 37.2 Å². The predicted molar refractivity (Wildman–Crippen MR) is 96.6 cm³/mol. The van der Waals surface area contributed by atoms with E-state index in [2.05, 4.69) is 15.5 Å². The maximum Gasteiger partial charge on any atom is 0.251 e. The summed E-state index contributed by atoms with van der Waals surface area (Å²) in [7, 11) is 2.05. The smallest absolute Gasteiger partial charge is 0.251 e. The van der Waals surface area contributed by atoms with E-state index in [1.807, 2.05) is 20.0 Å². The quantitative estimate of drug-likeness (QED) is 0.723. The number of carbonyl (C=O) groups excluding carboxylic acids is 2. The van der Waals surface area contributed by atoms with E-state index in [4.69, 9.17) is 17.3 Å². The van der Waals surface area contributed by atoms with Crippen LogP contribution in [0.5, 0.6) is 0 Å². The van der Waals surface area contributed by atoms with Crippen LogP contribution in [0.3, 0.4) is 0 Å². The van der Waals surface area contributed by atoms with Crippen molar-refractivity contribution in [2.45, 2.75) is 32.2 Å². The zero-order valence-electron chi connectivity index (χ0n) is 14.2. The van der Waals surface area contributed by atoms with Gasteiger partial charge in [0.05, 0.1) is 0 Å². The minimum atomic E-state index is -0.440. The number of rotatable bonds is 6. The van der Waals surface area contributed by atoms with Gasteiger partial charge in [0, 0.05) is 42.3 Å². The lowest BCUT2D eigenvalue weighted by Crippen LogP contribution is -2.41. The lowest BCUT2D eigenvalue weighted by molar-refractivity contribution is -0.117. The van der Waals surface area contributed by atoms with Gasteiger partial charge < -0.3 is 21.3 Å². The van der Waals surface area contributed by atoms with Gasteiger partial charge in [0.2, 0.25) is 5.91 Å². The zero-order chi connectivity index (χ0) is 17.7. The molecule has 0 atom stereocenters. The molecule has 1 aliphatic rings. The second-order valence-corrected chi connectivity index (χ2v) is 6.60. The van der Waals surface area contributed by atoms with Crippen LogP contribution in [0.1, 0.15) is 35.2 Å². The van der Waals surface area contributed by atoms with Crippen molar-refractivity contribution in [1.82, 2.24) is 10.6 Å². The first-order valence-electron chi connectivity index (χ1n) is 8.20. The van der Waals surface area contributed by atoms with Crippen LogP contribution in [0, 0.1) is 6.92 Å². The number of nitrogens with two attached hydrogens (primary N) is 1. The molecular formula is C17H25ClN4O2. The van der Waals surface area contributed by atoms with Crippen molar-refractivity contribution in [1.29, 1.82) is 0 Å².